The lowest BCUT2D eigenvalue weighted by Gasteiger charge is -2.38. The Bertz CT molecular complexity index is 1880. The molecule has 0 aliphatic carbocycles. The summed E-state index contributed by atoms with van der Waals surface area (Å²) in [5, 5.41) is 3.96. The van der Waals surface area contributed by atoms with Crippen LogP contribution in [0.15, 0.2) is 50.6 Å². The predicted molar refractivity (Wildman–Crippen MR) is 266 cm³/mol. The number of hydrogen-bond donors (Lipinski definition) is 2. The summed E-state index contributed by atoms with van der Waals surface area (Å²) in [4.78, 5) is 110. The predicted octanol–water partition coefficient (Wildman–Crippen LogP) is 6.95. The first-order valence-electron chi connectivity index (χ1n) is 21.5. The third-order valence-corrected chi connectivity index (χ3v) is 8.26. The fraction of sp³-hybridized carbons (Fsp3) is 0.638. The van der Waals surface area contributed by atoms with Gasteiger partial charge >= 0.3 is 85.1 Å². The Morgan fingerprint density at radius 1 is 0.488 bits per heavy atom. The Kier molecular flexibility index (Phi) is 49.2. The van der Waals surface area contributed by atoms with Crippen molar-refractivity contribution < 1.29 is 149 Å². The smallest absolute Gasteiger partial charge is 0.464 e. The van der Waals surface area contributed by atoms with E-state index >= 15 is 26.3 Å². The Balaban J connectivity index is -0.00000187. The SMILES string of the molecule is C.C.C.C.C.C.C=CC(=O)OCCCC(=O)OCCN(CCOC(=O)NCCOC(=O)C=C)C(=O)C(F)(F)OC(F)(F)OC(F)(F)C(F)(F)O[N+](CCOC(=O)CCCOC(=O)C=C)(CCOC(=O)NCCOC(=O)C=C)COC(F)F. The number of hydroxylamine groups is 3. The third kappa shape index (κ3) is 39.3. The summed E-state index contributed by atoms with van der Waals surface area (Å²) in [6.45, 7) is -6.18. The molecule has 0 aromatic carbocycles. The highest BCUT2D eigenvalue weighted by atomic mass is 19.3. The first-order chi connectivity index (χ1) is 35.5. The first-order valence-corrected chi connectivity index (χ1v) is 21.5. The van der Waals surface area contributed by atoms with Crippen LogP contribution in [0.1, 0.15) is 70.2 Å². The van der Waals surface area contributed by atoms with Crippen LogP contribution < -0.4 is 10.6 Å². The number of alkyl carbamates (subject to hydrolysis) is 2. The molecule has 1 unspecified atom stereocenters. The van der Waals surface area contributed by atoms with E-state index < -0.39 is 195 Å². The number of quaternary nitrogens is 1. The molecule has 0 aromatic rings. The Hall–Kier alpha value is -7.11. The van der Waals surface area contributed by atoms with Crippen LogP contribution in [0.2, 0.25) is 0 Å². The van der Waals surface area contributed by atoms with Crippen LogP contribution in [-0.2, 0) is 90.5 Å². The summed E-state index contributed by atoms with van der Waals surface area (Å²) < 4.78 is 192. The number of hydrogen-bond acceptors (Lipinski definition) is 21. The summed E-state index contributed by atoms with van der Waals surface area (Å²) in [6, 6.07) is 0. The lowest BCUT2D eigenvalue weighted by molar-refractivity contribution is -1.14. The number of ether oxygens (including phenoxy) is 11. The number of nitrogens with zero attached hydrogens (tertiary/aromatic N) is 2. The quantitative estimate of drug-likeness (QED) is 0.00914. The standard InChI is InChI=1S/C41H52F10N4O21.6CH4/c1-5-28(56)65-19-9-11-32(60)69-23-15-54(16-24-71-36(63)52-13-21-67-30(58)7-3)34(62)38(44,45)74-41(50,51)75-39(46,47)40(48,49)76-55(27-73-35(42)43,17-25-70-33(61)12-10-20-66-29(57)6-2)18-26-72-37(64)53-14-22-68-31(59)8-4;;;;;;/h5-8,35H,1-4,9-27H2,(H-,52,53,63,64);6*1H4/p+1. The second-order valence-corrected chi connectivity index (χ2v) is 13.9. The summed E-state index contributed by atoms with van der Waals surface area (Å²) in [5.74, 6) is -8.89. The van der Waals surface area contributed by atoms with E-state index in [9.17, 15) is 60.7 Å². The maximum Gasteiger partial charge on any atom is 0.495 e. The first kappa shape index (κ1) is 88.7. The molecule has 0 heterocycles. The van der Waals surface area contributed by atoms with Gasteiger partial charge in [0.05, 0.1) is 39.4 Å². The van der Waals surface area contributed by atoms with Crippen molar-refractivity contribution in [2.24, 2.45) is 0 Å². The molecule has 0 saturated heterocycles. The Morgan fingerprint density at radius 3 is 1.26 bits per heavy atom. The maximum absolute atomic E-state index is 15.5. The molecule has 0 radical (unpaired) electrons. The molecule has 2 N–H and O–H groups in total. The molecule has 3 amide bonds. The number of alkyl halides is 10. The number of esters is 6. The van der Waals surface area contributed by atoms with Gasteiger partial charge in [0.25, 0.3) is 0 Å². The molecule has 0 fully saturated rings. The molecule has 0 spiro atoms. The van der Waals surface area contributed by atoms with Crippen molar-refractivity contribution in [2.45, 2.75) is 101 Å². The average Bonchev–Trinajstić information content (AvgIpc) is 3.34. The van der Waals surface area contributed by atoms with Gasteiger partial charge in [-0.3, -0.25) is 19.1 Å². The van der Waals surface area contributed by atoms with Gasteiger partial charge in [0.15, 0.2) is 0 Å². The molecule has 0 aromatic heterocycles. The van der Waals surface area contributed by atoms with E-state index in [-0.39, 0.29) is 68.9 Å². The minimum atomic E-state index is -6.91. The molecular weight excluding hydrogens is 1150 g/mol. The third-order valence-electron chi connectivity index (χ3n) is 8.26. The molecule has 0 bridgehead atoms. The second kappa shape index (κ2) is 45.5. The Morgan fingerprint density at radius 2 is 0.854 bits per heavy atom. The van der Waals surface area contributed by atoms with E-state index in [1.54, 1.807) is 0 Å². The van der Waals surface area contributed by atoms with Crippen LogP contribution in [0.3, 0.4) is 0 Å². The van der Waals surface area contributed by atoms with Gasteiger partial charge in [-0.15, -0.1) is 18.3 Å². The highest BCUT2D eigenvalue weighted by molar-refractivity contribution is 5.83. The van der Waals surface area contributed by atoms with Gasteiger partial charge in [-0.25, -0.2) is 38.2 Å². The van der Waals surface area contributed by atoms with Crippen LogP contribution in [-0.4, -0.2) is 194 Å². The maximum atomic E-state index is 15.5. The minimum absolute atomic E-state index is 0. The zero-order valence-corrected chi connectivity index (χ0v) is 39.9. The van der Waals surface area contributed by atoms with Crippen molar-refractivity contribution in [2.75, 3.05) is 98.9 Å². The average molecular weight is 1220 g/mol. The van der Waals surface area contributed by atoms with E-state index in [1.165, 1.54) is 0 Å². The van der Waals surface area contributed by atoms with Crippen molar-refractivity contribution in [1.29, 1.82) is 0 Å². The molecule has 480 valence electrons. The molecule has 0 rings (SSSR count). The van der Waals surface area contributed by atoms with Gasteiger partial charge < -0.3 is 53.4 Å². The normalized spacial score (nSPS) is 11.5. The summed E-state index contributed by atoms with van der Waals surface area (Å²) in [5.41, 5.74) is 0. The number of halogens is 10. The van der Waals surface area contributed by atoms with Gasteiger partial charge in [-0.2, -0.15) is 35.1 Å². The van der Waals surface area contributed by atoms with Crippen LogP contribution in [0.5, 0.6) is 0 Å². The van der Waals surface area contributed by atoms with Gasteiger partial charge in [0.2, 0.25) is 6.73 Å². The van der Waals surface area contributed by atoms with Gasteiger partial charge in [-0.1, -0.05) is 70.9 Å². The van der Waals surface area contributed by atoms with Crippen molar-refractivity contribution >= 4 is 53.9 Å². The zero-order valence-electron chi connectivity index (χ0n) is 39.9. The van der Waals surface area contributed by atoms with Crippen molar-refractivity contribution in [1.82, 2.24) is 15.5 Å². The Labute approximate surface area is 468 Å². The molecule has 35 heteroatoms. The van der Waals surface area contributed by atoms with Crippen LogP contribution in [0.4, 0.5) is 53.5 Å². The van der Waals surface area contributed by atoms with E-state index in [0.717, 1.165) is 24.3 Å². The molecular formula is C47H77F10N4O21+. The summed E-state index contributed by atoms with van der Waals surface area (Å²) >= 11 is 0. The fourth-order valence-electron chi connectivity index (χ4n) is 4.79. The zero-order chi connectivity index (χ0) is 58.0. The number of carbonyl (C=O) groups is 9. The van der Waals surface area contributed by atoms with Gasteiger partial charge in [0, 0.05) is 37.1 Å². The van der Waals surface area contributed by atoms with E-state index in [4.69, 9.17) is 9.47 Å². The topological polar surface area (TPSA) is 292 Å². The molecule has 0 aliphatic rings. The number of nitrogens with one attached hydrogen (secondary N) is 2. The second-order valence-electron chi connectivity index (χ2n) is 13.9. The molecule has 1 atom stereocenters. The molecule has 0 saturated carbocycles. The van der Waals surface area contributed by atoms with E-state index in [0.29, 0.717) is 0 Å². The number of carbonyl (C=O) groups excluding carboxylic acids is 9. The molecule has 82 heavy (non-hydrogen) atoms. The number of rotatable bonds is 41. The van der Waals surface area contributed by atoms with Crippen molar-refractivity contribution in [3.63, 3.8) is 0 Å². The van der Waals surface area contributed by atoms with Crippen molar-refractivity contribution in [3.05, 3.63) is 50.6 Å². The van der Waals surface area contributed by atoms with E-state index in [1.807, 2.05) is 10.6 Å². The fourth-order valence-corrected chi connectivity index (χ4v) is 4.79. The summed E-state index contributed by atoms with van der Waals surface area (Å²) in [6.07, 6.45) is -27.5. The van der Waals surface area contributed by atoms with Crippen LogP contribution in [0, 0.1) is 0 Å². The van der Waals surface area contributed by atoms with Crippen molar-refractivity contribution in [3.8, 4) is 0 Å². The highest BCUT2D eigenvalue weighted by Crippen LogP contribution is 2.44. The van der Waals surface area contributed by atoms with Gasteiger partial charge in [0.1, 0.15) is 52.7 Å². The molecule has 0 aliphatic heterocycles. The highest BCUT2D eigenvalue weighted by Gasteiger charge is 2.70. The lowest BCUT2D eigenvalue weighted by atomic mass is 10.3. The minimum Gasteiger partial charge on any atom is -0.464 e. The monoisotopic (exact) mass is 1220 g/mol. The molecule has 25 nitrogen and oxygen atoms in total. The van der Waals surface area contributed by atoms with Crippen LogP contribution >= 0.6 is 0 Å². The van der Waals surface area contributed by atoms with E-state index in [2.05, 4.69) is 73.8 Å². The van der Waals surface area contributed by atoms with Gasteiger partial charge in [-0.05, 0) is 12.8 Å². The largest absolute Gasteiger partial charge is 0.495 e. The number of amides is 3. The lowest BCUT2D eigenvalue weighted by Crippen LogP contribution is -2.62. The summed E-state index contributed by atoms with van der Waals surface area (Å²) in [7, 11) is 0. The van der Waals surface area contributed by atoms with Crippen LogP contribution in [0.25, 0.3) is 0 Å².